The third kappa shape index (κ3) is 2.20. The third-order valence-electron chi connectivity index (χ3n) is 3.81. The van der Waals surface area contributed by atoms with Crippen molar-refractivity contribution in [2.75, 3.05) is 33.8 Å². The Kier molecular flexibility index (Phi) is 3.29. The summed E-state index contributed by atoms with van der Waals surface area (Å²) in [5.41, 5.74) is -0.786. The molecule has 2 aliphatic heterocycles. The molecule has 7 nitrogen and oxygen atoms in total. The van der Waals surface area contributed by atoms with Crippen LogP contribution in [0, 0.1) is 5.82 Å². The highest BCUT2D eigenvalue weighted by Gasteiger charge is 2.56. The van der Waals surface area contributed by atoms with E-state index in [1.54, 1.807) is 7.05 Å². The summed E-state index contributed by atoms with van der Waals surface area (Å²) in [5.74, 6) is -0.635. The Morgan fingerprint density at radius 3 is 2.55 bits per heavy atom. The Labute approximate surface area is 127 Å². The summed E-state index contributed by atoms with van der Waals surface area (Å²) in [6.07, 6.45) is -0.462. The molecular formula is C13H15FN2O5S. The number of carbonyl (C=O) groups is 1. The summed E-state index contributed by atoms with van der Waals surface area (Å²) in [5, 5.41) is 0. The van der Waals surface area contributed by atoms with E-state index in [4.69, 9.17) is 9.47 Å². The Balaban J connectivity index is 1.83. The second-order valence-corrected chi connectivity index (χ2v) is 7.38. The number of likely N-dealkylation sites (N-methyl/N-ethyl adjacent to an activating group) is 1. The maximum Gasteiger partial charge on any atom is 0.410 e. The van der Waals surface area contributed by atoms with E-state index >= 15 is 0 Å². The molecule has 0 aromatic heterocycles. The minimum Gasteiger partial charge on any atom is -0.495 e. The van der Waals surface area contributed by atoms with Crippen LogP contribution in [0.4, 0.5) is 9.18 Å². The number of sulfonamides is 1. The molecule has 120 valence electrons. The van der Waals surface area contributed by atoms with Crippen molar-refractivity contribution >= 4 is 16.1 Å². The molecule has 1 aromatic carbocycles. The number of hydrogen-bond donors (Lipinski definition) is 0. The largest absolute Gasteiger partial charge is 0.495 e. The van der Waals surface area contributed by atoms with Crippen LogP contribution in [0.5, 0.6) is 5.75 Å². The van der Waals surface area contributed by atoms with Gasteiger partial charge in [-0.15, -0.1) is 0 Å². The molecule has 0 atom stereocenters. The number of hydrogen-bond acceptors (Lipinski definition) is 5. The first-order valence-electron chi connectivity index (χ1n) is 6.55. The number of nitrogens with zero attached hydrogens (tertiary/aromatic N) is 2. The van der Waals surface area contributed by atoms with Crippen LogP contribution in [-0.2, 0) is 14.8 Å². The SMILES string of the molecule is COc1cc(F)ccc1S(=O)(=O)N1CC2(CN(C)C(=O)O2)C1. The highest BCUT2D eigenvalue weighted by atomic mass is 32.2. The van der Waals surface area contributed by atoms with Gasteiger partial charge in [0.1, 0.15) is 16.5 Å². The van der Waals surface area contributed by atoms with Gasteiger partial charge in [0.15, 0.2) is 5.60 Å². The monoisotopic (exact) mass is 330 g/mol. The van der Waals surface area contributed by atoms with Crippen molar-refractivity contribution in [3.8, 4) is 5.75 Å². The van der Waals surface area contributed by atoms with Crippen LogP contribution in [-0.4, -0.2) is 63.1 Å². The molecule has 0 saturated carbocycles. The predicted molar refractivity (Wildman–Crippen MR) is 73.6 cm³/mol. The fraction of sp³-hybridized carbons (Fsp3) is 0.462. The zero-order valence-electron chi connectivity index (χ0n) is 12.1. The van der Waals surface area contributed by atoms with Crippen LogP contribution < -0.4 is 4.74 Å². The maximum absolute atomic E-state index is 13.2. The first-order chi connectivity index (χ1) is 10.3. The van der Waals surface area contributed by atoms with Crippen LogP contribution in [0.3, 0.4) is 0 Å². The summed E-state index contributed by atoms with van der Waals surface area (Å²) in [6.45, 7) is 0.496. The first kappa shape index (κ1) is 15.0. The first-order valence-corrected chi connectivity index (χ1v) is 7.99. The van der Waals surface area contributed by atoms with Gasteiger partial charge in [-0.1, -0.05) is 0 Å². The van der Waals surface area contributed by atoms with Crippen LogP contribution >= 0.6 is 0 Å². The summed E-state index contributed by atoms with van der Waals surface area (Å²) in [7, 11) is -0.957. The van der Waals surface area contributed by atoms with Gasteiger partial charge in [0, 0.05) is 13.1 Å². The summed E-state index contributed by atoms with van der Waals surface area (Å²) in [4.78, 5) is 12.7. The molecule has 0 N–H and O–H groups in total. The van der Waals surface area contributed by atoms with Crippen molar-refractivity contribution in [3.63, 3.8) is 0 Å². The van der Waals surface area contributed by atoms with Gasteiger partial charge >= 0.3 is 6.09 Å². The van der Waals surface area contributed by atoms with Crippen molar-refractivity contribution in [2.24, 2.45) is 0 Å². The van der Waals surface area contributed by atoms with Crippen molar-refractivity contribution in [2.45, 2.75) is 10.5 Å². The standard InChI is InChI=1S/C13H15FN2O5S/c1-15-6-13(21-12(15)17)7-16(8-13)22(18,19)11-4-3-9(14)5-10(11)20-2/h3-5H,6-8H2,1-2H3. The molecule has 2 fully saturated rings. The summed E-state index contributed by atoms with van der Waals surface area (Å²) < 4.78 is 49.7. The zero-order valence-corrected chi connectivity index (χ0v) is 12.9. The van der Waals surface area contributed by atoms with Gasteiger partial charge in [-0.25, -0.2) is 17.6 Å². The lowest BCUT2D eigenvalue weighted by atomic mass is 9.97. The number of benzene rings is 1. The van der Waals surface area contributed by atoms with E-state index in [2.05, 4.69) is 0 Å². The van der Waals surface area contributed by atoms with Gasteiger partial charge < -0.3 is 14.4 Å². The normalized spacial score (nSPS) is 20.9. The quantitative estimate of drug-likeness (QED) is 0.814. The number of amides is 1. The van der Waals surface area contributed by atoms with Gasteiger partial charge in [0.05, 0.1) is 26.7 Å². The molecule has 0 aliphatic carbocycles. The minimum absolute atomic E-state index is 0.0542. The molecule has 2 aliphatic rings. The average Bonchev–Trinajstić information content (AvgIpc) is 2.73. The second-order valence-electron chi connectivity index (χ2n) is 5.48. The molecule has 1 amide bonds. The van der Waals surface area contributed by atoms with E-state index in [-0.39, 0.29) is 23.7 Å². The molecule has 1 aromatic rings. The predicted octanol–water partition coefficient (Wildman–Crippen LogP) is 0.659. The topological polar surface area (TPSA) is 76.2 Å². The molecule has 0 radical (unpaired) electrons. The lowest BCUT2D eigenvalue weighted by Crippen LogP contribution is -2.65. The van der Waals surface area contributed by atoms with Crippen molar-refractivity contribution in [1.29, 1.82) is 0 Å². The van der Waals surface area contributed by atoms with Crippen LogP contribution in [0.1, 0.15) is 0 Å². The Hall–Kier alpha value is -1.87. The van der Waals surface area contributed by atoms with Crippen LogP contribution in [0.2, 0.25) is 0 Å². The van der Waals surface area contributed by atoms with Gasteiger partial charge in [-0.2, -0.15) is 4.31 Å². The molecule has 0 bridgehead atoms. The molecule has 22 heavy (non-hydrogen) atoms. The number of carbonyl (C=O) groups excluding carboxylic acids is 1. The molecule has 9 heteroatoms. The molecular weight excluding hydrogens is 315 g/mol. The molecule has 0 unspecified atom stereocenters. The number of rotatable bonds is 3. The third-order valence-corrected chi connectivity index (χ3v) is 5.64. The Morgan fingerprint density at radius 2 is 2.00 bits per heavy atom. The van der Waals surface area contributed by atoms with E-state index in [0.29, 0.717) is 6.54 Å². The minimum atomic E-state index is -3.83. The van der Waals surface area contributed by atoms with Gasteiger partial charge in [0.2, 0.25) is 10.0 Å². The second kappa shape index (κ2) is 4.82. The fourth-order valence-corrected chi connectivity index (χ4v) is 4.44. The highest BCUT2D eigenvalue weighted by molar-refractivity contribution is 7.89. The zero-order chi connectivity index (χ0) is 16.1. The smallest absolute Gasteiger partial charge is 0.410 e. The Morgan fingerprint density at radius 1 is 1.32 bits per heavy atom. The van der Waals surface area contributed by atoms with E-state index in [9.17, 15) is 17.6 Å². The van der Waals surface area contributed by atoms with Crippen molar-refractivity contribution in [1.82, 2.24) is 9.21 Å². The lowest BCUT2D eigenvalue weighted by molar-refractivity contribution is -0.0336. The van der Waals surface area contributed by atoms with Crippen LogP contribution in [0.15, 0.2) is 23.1 Å². The fourth-order valence-electron chi connectivity index (χ4n) is 2.72. The van der Waals surface area contributed by atoms with E-state index in [1.807, 2.05) is 0 Å². The van der Waals surface area contributed by atoms with Gasteiger partial charge in [-0.3, -0.25) is 0 Å². The highest BCUT2D eigenvalue weighted by Crippen LogP contribution is 2.37. The van der Waals surface area contributed by atoms with E-state index in [0.717, 1.165) is 12.1 Å². The van der Waals surface area contributed by atoms with Gasteiger partial charge in [0.25, 0.3) is 0 Å². The average molecular weight is 330 g/mol. The van der Waals surface area contributed by atoms with Crippen molar-refractivity contribution < 1.29 is 27.1 Å². The summed E-state index contributed by atoms with van der Waals surface area (Å²) >= 11 is 0. The Bertz CT molecular complexity index is 730. The van der Waals surface area contributed by atoms with E-state index < -0.39 is 27.5 Å². The lowest BCUT2D eigenvalue weighted by Gasteiger charge is -2.44. The number of methoxy groups -OCH3 is 1. The molecule has 2 heterocycles. The number of ether oxygens (including phenoxy) is 2. The number of halogens is 1. The molecule has 2 saturated heterocycles. The molecule has 1 spiro atoms. The maximum atomic E-state index is 13.2. The molecule has 3 rings (SSSR count). The van der Waals surface area contributed by atoms with Crippen LogP contribution in [0.25, 0.3) is 0 Å². The van der Waals surface area contributed by atoms with Gasteiger partial charge in [-0.05, 0) is 12.1 Å². The van der Waals surface area contributed by atoms with Crippen molar-refractivity contribution in [3.05, 3.63) is 24.0 Å². The van der Waals surface area contributed by atoms with E-state index in [1.165, 1.54) is 22.4 Å². The summed E-state index contributed by atoms with van der Waals surface area (Å²) in [6, 6.07) is 3.25.